The smallest absolute Gasteiger partial charge is 0.263 e. The largest absolute Gasteiger partial charge is 0.349 e. The summed E-state index contributed by atoms with van der Waals surface area (Å²) in [5.41, 5.74) is 1.03. The molecule has 1 N–H and O–H groups in total. The number of rotatable bonds is 4. The predicted octanol–water partition coefficient (Wildman–Crippen LogP) is 4.13. The van der Waals surface area contributed by atoms with Gasteiger partial charge in [-0.05, 0) is 48.9 Å². The summed E-state index contributed by atoms with van der Waals surface area (Å²) in [6.45, 7) is 3.23. The molecule has 3 rings (SSSR count). The minimum Gasteiger partial charge on any atom is -0.349 e. The number of benzene rings is 1. The Hall–Kier alpha value is -1.85. The molecular formula is C19H21ClN2O2S. The number of piperidine rings is 1. The third-order valence-electron chi connectivity index (χ3n) is 4.61. The van der Waals surface area contributed by atoms with Gasteiger partial charge in [0.25, 0.3) is 5.91 Å². The molecule has 2 amide bonds. The fraction of sp³-hybridized carbons (Fsp3) is 0.368. The van der Waals surface area contributed by atoms with Crippen LogP contribution in [0.15, 0.2) is 41.8 Å². The van der Waals surface area contributed by atoms with E-state index in [1.165, 1.54) is 11.3 Å². The molecule has 1 unspecified atom stereocenters. The number of carbonyl (C=O) groups excluding carboxylic acids is 2. The molecule has 6 heteroatoms. The highest BCUT2D eigenvalue weighted by Crippen LogP contribution is 2.22. The van der Waals surface area contributed by atoms with Crippen molar-refractivity contribution in [2.75, 3.05) is 13.1 Å². The minimum atomic E-state index is -0.0597. The summed E-state index contributed by atoms with van der Waals surface area (Å²) in [7, 11) is 0. The Labute approximate surface area is 156 Å². The topological polar surface area (TPSA) is 49.4 Å². The molecule has 1 aliphatic rings. The molecule has 0 aliphatic carbocycles. The van der Waals surface area contributed by atoms with E-state index in [1.807, 2.05) is 53.6 Å². The lowest BCUT2D eigenvalue weighted by Crippen LogP contribution is -2.43. The SMILES string of the molecule is CC(NC(=O)C1CCN(C(=O)c2cccs2)CC1)c1ccc(Cl)cc1. The first-order valence-electron chi connectivity index (χ1n) is 8.43. The standard InChI is InChI=1S/C19H21ClN2O2S/c1-13(14-4-6-16(20)7-5-14)21-18(23)15-8-10-22(11-9-15)19(24)17-3-2-12-25-17/h2-7,12-13,15H,8-11H2,1H3,(H,21,23). The number of hydrogen-bond acceptors (Lipinski definition) is 3. The number of nitrogens with zero attached hydrogens (tertiary/aromatic N) is 1. The van der Waals surface area contributed by atoms with Crippen LogP contribution in [0.25, 0.3) is 0 Å². The molecule has 1 aliphatic heterocycles. The van der Waals surface area contributed by atoms with E-state index in [9.17, 15) is 9.59 Å². The molecule has 1 aromatic heterocycles. The first kappa shape index (κ1) is 18.0. The van der Waals surface area contributed by atoms with Gasteiger partial charge < -0.3 is 10.2 Å². The van der Waals surface area contributed by atoms with Crippen LogP contribution < -0.4 is 5.32 Å². The highest BCUT2D eigenvalue weighted by atomic mass is 35.5. The number of hydrogen-bond donors (Lipinski definition) is 1. The number of amides is 2. The quantitative estimate of drug-likeness (QED) is 0.872. The summed E-state index contributed by atoms with van der Waals surface area (Å²) in [6, 6.07) is 11.2. The lowest BCUT2D eigenvalue weighted by atomic mass is 9.95. The van der Waals surface area contributed by atoms with Gasteiger partial charge in [0.05, 0.1) is 10.9 Å². The number of halogens is 1. The Morgan fingerprint density at radius 2 is 1.88 bits per heavy atom. The summed E-state index contributed by atoms with van der Waals surface area (Å²) in [6.07, 6.45) is 1.41. The van der Waals surface area contributed by atoms with E-state index in [0.29, 0.717) is 31.0 Å². The van der Waals surface area contributed by atoms with E-state index < -0.39 is 0 Å². The zero-order chi connectivity index (χ0) is 17.8. The zero-order valence-corrected chi connectivity index (χ0v) is 15.6. The monoisotopic (exact) mass is 376 g/mol. The predicted molar refractivity (Wildman–Crippen MR) is 101 cm³/mol. The van der Waals surface area contributed by atoms with Crippen LogP contribution in [0.3, 0.4) is 0 Å². The molecule has 132 valence electrons. The molecule has 1 saturated heterocycles. The third-order valence-corrected chi connectivity index (χ3v) is 5.72. The van der Waals surface area contributed by atoms with Crippen molar-refractivity contribution in [3.8, 4) is 0 Å². The van der Waals surface area contributed by atoms with Crippen molar-refractivity contribution in [3.05, 3.63) is 57.2 Å². The Morgan fingerprint density at radius 1 is 1.20 bits per heavy atom. The molecule has 0 spiro atoms. The molecule has 1 aromatic carbocycles. The third kappa shape index (κ3) is 4.41. The normalized spacial score (nSPS) is 16.5. The average molecular weight is 377 g/mol. The molecule has 2 heterocycles. The Kier molecular flexibility index (Phi) is 5.76. The Bertz CT molecular complexity index is 722. The van der Waals surface area contributed by atoms with Crippen LogP contribution in [0.2, 0.25) is 5.02 Å². The number of nitrogens with one attached hydrogen (secondary N) is 1. The van der Waals surface area contributed by atoms with Crippen molar-refractivity contribution in [2.45, 2.75) is 25.8 Å². The number of likely N-dealkylation sites (tertiary alicyclic amines) is 1. The summed E-state index contributed by atoms with van der Waals surface area (Å²) in [4.78, 5) is 27.5. The average Bonchev–Trinajstić information content (AvgIpc) is 3.16. The Morgan fingerprint density at radius 3 is 2.48 bits per heavy atom. The minimum absolute atomic E-state index is 0.0397. The summed E-state index contributed by atoms with van der Waals surface area (Å²) < 4.78 is 0. The molecule has 1 fully saturated rings. The first-order chi connectivity index (χ1) is 12.0. The van der Waals surface area contributed by atoms with Crippen LogP contribution in [0.1, 0.15) is 41.0 Å². The maximum Gasteiger partial charge on any atom is 0.263 e. The first-order valence-corrected chi connectivity index (χ1v) is 9.69. The second-order valence-corrected chi connectivity index (χ2v) is 7.71. The molecule has 0 bridgehead atoms. The highest BCUT2D eigenvalue weighted by Gasteiger charge is 2.28. The van der Waals surface area contributed by atoms with Gasteiger partial charge in [0.1, 0.15) is 0 Å². The van der Waals surface area contributed by atoms with Gasteiger partial charge in [-0.15, -0.1) is 11.3 Å². The van der Waals surface area contributed by atoms with E-state index >= 15 is 0 Å². The molecule has 4 nitrogen and oxygen atoms in total. The van der Waals surface area contributed by atoms with Gasteiger partial charge in [0, 0.05) is 24.0 Å². The van der Waals surface area contributed by atoms with Crippen molar-refractivity contribution < 1.29 is 9.59 Å². The number of carbonyl (C=O) groups is 2. The Balaban J connectivity index is 1.51. The lowest BCUT2D eigenvalue weighted by molar-refractivity contribution is -0.126. The van der Waals surface area contributed by atoms with Crippen molar-refractivity contribution in [1.82, 2.24) is 10.2 Å². The van der Waals surface area contributed by atoms with Crippen molar-refractivity contribution >= 4 is 34.8 Å². The van der Waals surface area contributed by atoms with E-state index in [4.69, 9.17) is 11.6 Å². The summed E-state index contributed by atoms with van der Waals surface area (Å²) in [5, 5.41) is 5.67. The van der Waals surface area contributed by atoms with Gasteiger partial charge in [-0.1, -0.05) is 29.8 Å². The van der Waals surface area contributed by atoms with Crippen LogP contribution in [-0.4, -0.2) is 29.8 Å². The van der Waals surface area contributed by atoms with Crippen molar-refractivity contribution in [2.24, 2.45) is 5.92 Å². The van der Waals surface area contributed by atoms with Gasteiger partial charge in [-0.2, -0.15) is 0 Å². The maximum atomic E-state index is 12.5. The zero-order valence-electron chi connectivity index (χ0n) is 14.1. The van der Waals surface area contributed by atoms with Gasteiger partial charge in [-0.25, -0.2) is 0 Å². The fourth-order valence-electron chi connectivity index (χ4n) is 3.07. The number of thiophene rings is 1. The van der Waals surface area contributed by atoms with E-state index in [2.05, 4.69) is 5.32 Å². The van der Waals surface area contributed by atoms with Crippen LogP contribution in [0, 0.1) is 5.92 Å². The molecule has 0 radical (unpaired) electrons. The highest BCUT2D eigenvalue weighted by molar-refractivity contribution is 7.12. The molecule has 2 aromatic rings. The van der Waals surface area contributed by atoms with Crippen LogP contribution in [0.4, 0.5) is 0 Å². The van der Waals surface area contributed by atoms with Gasteiger partial charge >= 0.3 is 0 Å². The van der Waals surface area contributed by atoms with Crippen molar-refractivity contribution in [1.29, 1.82) is 0 Å². The van der Waals surface area contributed by atoms with Gasteiger partial charge in [0.2, 0.25) is 5.91 Å². The fourth-order valence-corrected chi connectivity index (χ4v) is 3.88. The molecule has 0 saturated carbocycles. The van der Waals surface area contributed by atoms with Gasteiger partial charge in [0.15, 0.2) is 0 Å². The van der Waals surface area contributed by atoms with E-state index in [0.717, 1.165) is 10.4 Å². The molecule has 25 heavy (non-hydrogen) atoms. The van der Waals surface area contributed by atoms with Crippen LogP contribution >= 0.6 is 22.9 Å². The van der Waals surface area contributed by atoms with Crippen LogP contribution in [-0.2, 0) is 4.79 Å². The second-order valence-electron chi connectivity index (χ2n) is 6.33. The molecule has 1 atom stereocenters. The molecular weight excluding hydrogens is 356 g/mol. The summed E-state index contributed by atoms with van der Waals surface area (Å²) >= 11 is 7.36. The van der Waals surface area contributed by atoms with Crippen molar-refractivity contribution in [3.63, 3.8) is 0 Å². The van der Waals surface area contributed by atoms with E-state index in [-0.39, 0.29) is 23.8 Å². The van der Waals surface area contributed by atoms with Crippen LogP contribution in [0.5, 0.6) is 0 Å². The maximum absolute atomic E-state index is 12.5. The second kappa shape index (κ2) is 8.02. The lowest BCUT2D eigenvalue weighted by Gasteiger charge is -2.31. The summed E-state index contributed by atoms with van der Waals surface area (Å²) in [5.74, 6) is 0.0937. The van der Waals surface area contributed by atoms with E-state index in [1.54, 1.807) is 0 Å². The van der Waals surface area contributed by atoms with Gasteiger partial charge in [-0.3, -0.25) is 9.59 Å².